The van der Waals surface area contributed by atoms with Crippen molar-refractivity contribution < 1.29 is 4.79 Å². The fraction of sp³-hybridized carbons (Fsp3) is 0.692. The fourth-order valence-corrected chi connectivity index (χ4v) is 3.36. The van der Waals surface area contributed by atoms with Crippen LogP contribution in [-0.2, 0) is 11.3 Å². The Kier molecular flexibility index (Phi) is 4.35. The Balaban J connectivity index is 1.94. The Morgan fingerprint density at radius 1 is 1.61 bits per heavy atom. The SMILES string of the molecule is Cc1ncsc1CN(C)C(=O)[C@H]1CCC[C@@H](N)C1. The van der Waals surface area contributed by atoms with Crippen molar-refractivity contribution >= 4 is 17.2 Å². The van der Waals surface area contributed by atoms with Gasteiger partial charge in [0.15, 0.2) is 0 Å². The summed E-state index contributed by atoms with van der Waals surface area (Å²) in [6.45, 7) is 2.65. The smallest absolute Gasteiger partial charge is 0.225 e. The molecule has 2 N–H and O–H groups in total. The number of hydrogen-bond acceptors (Lipinski definition) is 4. The van der Waals surface area contributed by atoms with Crippen LogP contribution in [0, 0.1) is 12.8 Å². The molecule has 0 bridgehead atoms. The lowest BCUT2D eigenvalue weighted by atomic mass is 9.85. The minimum atomic E-state index is 0.118. The highest BCUT2D eigenvalue weighted by Gasteiger charge is 2.27. The van der Waals surface area contributed by atoms with E-state index < -0.39 is 0 Å². The third-order valence-corrected chi connectivity index (χ3v) is 4.59. The van der Waals surface area contributed by atoms with E-state index in [1.54, 1.807) is 11.3 Å². The Labute approximate surface area is 112 Å². The lowest BCUT2D eigenvalue weighted by molar-refractivity contribution is -0.135. The van der Waals surface area contributed by atoms with Crippen molar-refractivity contribution in [3.63, 3.8) is 0 Å². The second kappa shape index (κ2) is 5.80. The minimum Gasteiger partial charge on any atom is -0.340 e. The Hall–Kier alpha value is -0.940. The number of aromatic nitrogens is 1. The summed E-state index contributed by atoms with van der Waals surface area (Å²) in [6, 6.07) is 0.200. The van der Waals surface area contributed by atoms with E-state index in [-0.39, 0.29) is 17.9 Å². The lowest BCUT2D eigenvalue weighted by Gasteiger charge is -2.29. The second-order valence-corrected chi connectivity index (χ2v) is 6.12. The van der Waals surface area contributed by atoms with Crippen LogP contribution in [-0.4, -0.2) is 28.9 Å². The number of carbonyl (C=O) groups is 1. The van der Waals surface area contributed by atoms with E-state index in [9.17, 15) is 4.79 Å². The third-order valence-electron chi connectivity index (χ3n) is 3.67. The van der Waals surface area contributed by atoms with Gasteiger partial charge in [-0.05, 0) is 26.2 Å². The van der Waals surface area contributed by atoms with Gasteiger partial charge in [-0.15, -0.1) is 11.3 Å². The van der Waals surface area contributed by atoms with E-state index in [2.05, 4.69) is 4.98 Å². The molecular formula is C13H21N3OS. The summed E-state index contributed by atoms with van der Waals surface area (Å²) in [5.41, 5.74) is 8.81. The van der Waals surface area contributed by atoms with Gasteiger partial charge in [-0.25, -0.2) is 4.98 Å². The van der Waals surface area contributed by atoms with E-state index in [0.29, 0.717) is 6.54 Å². The van der Waals surface area contributed by atoms with Gasteiger partial charge >= 0.3 is 0 Å². The maximum Gasteiger partial charge on any atom is 0.225 e. The highest BCUT2D eigenvalue weighted by Crippen LogP contribution is 2.25. The third kappa shape index (κ3) is 3.09. The zero-order chi connectivity index (χ0) is 13.1. The number of hydrogen-bond donors (Lipinski definition) is 1. The van der Waals surface area contributed by atoms with Gasteiger partial charge in [0, 0.05) is 23.9 Å². The summed E-state index contributed by atoms with van der Waals surface area (Å²) in [5.74, 6) is 0.352. The van der Waals surface area contributed by atoms with Crippen LogP contribution < -0.4 is 5.73 Å². The van der Waals surface area contributed by atoms with Crippen molar-refractivity contribution in [2.45, 2.75) is 45.2 Å². The molecule has 0 radical (unpaired) electrons. The van der Waals surface area contributed by atoms with Crippen LogP contribution in [0.4, 0.5) is 0 Å². The number of amides is 1. The number of aryl methyl sites for hydroxylation is 1. The van der Waals surface area contributed by atoms with Gasteiger partial charge in [0.05, 0.1) is 17.7 Å². The largest absolute Gasteiger partial charge is 0.340 e. The Bertz CT molecular complexity index is 418. The summed E-state index contributed by atoms with van der Waals surface area (Å²) >= 11 is 1.61. The first-order chi connectivity index (χ1) is 8.58. The maximum atomic E-state index is 12.3. The molecule has 100 valence electrons. The maximum absolute atomic E-state index is 12.3. The van der Waals surface area contributed by atoms with Gasteiger partial charge in [-0.2, -0.15) is 0 Å². The molecule has 0 spiro atoms. The van der Waals surface area contributed by atoms with E-state index in [4.69, 9.17) is 5.73 Å². The van der Waals surface area contributed by atoms with Crippen molar-refractivity contribution in [3.8, 4) is 0 Å². The molecule has 0 aliphatic heterocycles. The molecule has 2 rings (SSSR count). The molecule has 0 unspecified atom stereocenters. The minimum absolute atomic E-state index is 0.118. The van der Waals surface area contributed by atoms with E-state index >= 15 is 0 Å². The highest BCUT2D eigenvalue weighted by atomic mass is 32.1. The number of nitrogens with two attached hydrogens (primary N) is 1. The predicted molar refractivity (Wildman–Crippen MR) is 73.3 cm³/mol. The first-order valence-electron chi connectivity index (χ1n) is 6.47. The molecule has 1 aliphatic carbocycles. The first kappa shape index (κ1) is 13.5. The van der Waals surface area contributed by atoms with Crippen molar-refractivity contribution in [1.82, 2.24) is 9.88 Å². The highest BCUT2D eigenvalue weighted by molar-refractivity contribution is 7.09. The molecule has 18 heavy (non-hydrogen) atoms. The molecule has 1 aromatic heterocycles. The molecule has 1 aromatic rings. The van der Waals surface area contributed by atoms with Gasteiger partial charge in [-0.3, -0.25) is 4.79 Å². The molecule has 5 heteroatoms. The fourth-order valence-electron chi connectivity index (χ4n) is 2.53. The summed E-state index contributed by atoms with van der Waals surface area (Å²) in [4.78, 5) is 19.5. The number of thiazole rings is 1. The second-order valence-electron chi connectivity index (χ2n) is 5.18. The summed E-state index contributed by atoms with van der Waals surface area (Å²) in [7, 11) is 1.88. The van der Waals surface area contributed by atoms with Crippen LogP contribution in [0.2, 0.25) is 0 Å². The van der Waals surface area contributed by atoms with E-state index in [0.717, 1.165) is 31.4 Å². The lowest BCUT2D eigenvalue weighted by Crippen LogP contribution is -2.38. The van der Waals surface area contributed by atoms with E-state index in [1.807, 2.05) is 24.4 Å². The monoisotopic (exact) mass is 267 g/mol. The van der Waals surface area contributed by atoms with Crippen molar-refractivity contribution in [1.29, 1.82) is 0 Å². The van der Waals surface area contributed by atoms with Crippen molar-refractivity contribution in [3.05, 3.63) is 16.1 Å². The van der Waals surface area contributed by atoms with Crippen LogP contribution in [0.5, 0.6) is 0 Å². The quantitative estimate of drug-likeness (QED) is 0.910. The molecular weight excluding hydrogens is 246 g/mol. The molecule has 1 saturated carbocycles. The standard InChI is InChI=1S/C13H21N3OS/c1-9-12(18-8-15-9)7-16(2)13(17)10-4-3-5-11(14)6-10/h8,10-11H,3-7,14H2,1-2H3/t10-,11+/m0/s1. The van der Waals surface area contributed by atoms with Gasteiger partial charge < -0.3 is 10.6 Å². The van der Waals surface area contributed by atoms with Crippen LogP contribution in [0.25, 0.3) is 0 Å². The summed E-state index contributed by atoms with van der Waals surface area (Å²) in [5, 5.41) is 0. The number of rotatable bonds is 3. The Morgan fingerprint density at radius 2 is 2.39 bits per heavy atom. The molecule has 1 fully saturated rings. The predicted octanol–water partition coefficient (Wildman–Crippen LogP) is 1.93. The topological polar surface area (TPSA) is 59.2 Å². The van der Waals surface area contributed by atoms with Gasteiger partial charge in [0.25, 0.3) is 0 Å². The van der Waals surface area contributed by atoms with Crippen LogP contribution in [0.15, 0.2) is 5.51 Å². The summed E-state index contributed by atoms with van der Waals surface area (Å²) in [6.07, 6.45) is 3.95. The zero-order valence-electron chi connectivity index (χ0n) is 11.1. The molecule has 1 aliphatic rings. The molecule has 0 saturated heterocycles. The molecule has 2 atom stereocenters. The van der Waals surface area contributed by atoms with Crippen LogP contribution >= 0.6 is 11.3 Å². The average molecular weight is 267 g/mol. The van der Waals surface area contributed by atoms with E-state index in [1.165, 1.54) is 4.88 Å². The van der Waals surface area contributed by atoms with Crippen LogP contribution in [0.3, 0.4) is 0 Å². The van der Waals surface area contributed by atoms with Gasteiger partial charge in [0.1, 0.15) is 0 Å². The van der Waals surface area contributed by atoms with Crippen molar-refractivity contribution in [2.24, 2.45) is 11.7 Å². The molecule has 4 nitrogen and oxygen atoms in total. The first-order valence-corrected chi connectivity index (χ1v) is 7.35. The zero-order valence-corrected chi connectivity index (χ0v) is 11.9. The number of nitrogens with zero attached hydrogens (tertiary/aromatic N) is 2. The normalized spacial score (nSPS) is 23.9. The summed E-state index contributed by atoms with van der Waals surface area (Å²) < 4.78 is 0. The Morgan fingerprint density at radius 3 is 3.00 bits per heavy atom. The van der Waals surface area contributed by atoms with Crippen molar-refractivity contribution in [2.75, 3.05) is 7.05 Å². The van der Waals surface area contributed by atoms with Crippen LogP contribution in [0.1, 0.15) is 36.3 Å². The number of carbonyl (C=O) groups excluding carboxylic acids is 1. The molecule has 1 heterocycles. The molecule has 0 aromatic carbocycles. The van der Waals surface area contributed by atoms with Gasteiger partial charge in [-0.1, -0.05) is 6.42 Å². The molecule has 1 amide bonds. The van der Waals surface area contributed by atoms with Gasteiger partial charge in [0.2, 0.25) is 5.91 Å². The average Bonchev–Trinajstić information content (AvgIpc) is 2.74.